The standard InChI is InChI=1S/C17H26BrNO/c1-17(2,3)10-16(20)11-19-15-7-5-12-8-14(18)6-4-13(12)9-15/h4,6,8,15-16,19-20H,5,7,9-11H2,1-3H3. The summed E-state index contributed by atoms with van der Waals surface area (Å²) >= 11 is 3.53. The molecule has 0 saturated heterocycles. The van der Waals surface area contributed by atoms with Gasteiger partial charge in [-0.1, -0.05) is 42.8 Å². The third-order valence-corrected chi connectivity index (χ3v) is 4.38. The summed E-state index contributed by atoms with van der Waals surface area (Å²) in [5, 5.41) is 13.6. The number of hydrogen-bond acceptors (Lipinski definition) is 2. The molecule has 3 heteroatoms. The van der Waals surface area contributed by atoms with E-state index in [0.29, 0.717) is 12.6 Å². The summed E-state index contributed by atoms with van der Waals surface area (Å²) in [4.78, 5) is 0. The number of aryl methyl sites for hydroxylation is 1. The van der Waals surface area contributed by atoms with Crippen LogP contribution in [0, 0.1) is 5.41 Å². The van der Waals surface area contributed by atoms with Crippen LogP contribution in [0.5, 0.6) is 0 Å². The van der Waals surface area contributed by atoms with E-state index < -0.39 is 0 Å². The first-order chi connectivity index (χ1) is 9.33. The number of fused-ring (bicyclic) bond motifs is 1. The van der Waals surface area contributed by atoms with Crippen molar-refractivity contribution < 1.29 is 5.11 Å². The van der Waals surface area contributed by atoms with Gasteiger partial charge >= 0.3 is 0 Å². The summed E-state index contributed by atoms with van der Waals surface area (Å²) in [6, 6.07) is 7.08. The molecule has 0 aliphatic heterocycles. The second-order valence-electron chi connectivity index (χ2n) is 7.18. The molecule has 0 bridgehead atoms. The van der Waals surface area contributed by atoms with Gasteiger partial charge in [-0.15, -0.1) is 0 Å². The fourth-order valence-corrected chi connectivity index (χ4v) is 3.39. The van der Waals surface area contributed by atoms with E-state index in [1.165, 1.54) is 15.6 Å². The van der Waals surface area contributed by atoms with Crippen LogP contribution in [0.2, 0.25) is 0 Å². The molecule has 20 heavy (non-hydrogen) atoms. The number of benzene rings is 1. The minimum absolute atomic E-state index is 0.187. The van der Waals surface area contributed by atoms with E-state index in [4.69, 9.17) is 0 Å². The van der Waals surface area contributed by atoms with Crippen molar-refractivity contribution in [1.29, 1.82) is 0 Å². The second-order valence-corrected chi connectivity index (χ2v) is 8.10. The molecule has 2 atom stereocenters. The first-order valence-electron chi connectivity index (χ1n) is 7.52. The van der Waals surface area contributed by atoms with Crippen molar-refractivity contribution in [2.24, 2.45) is 5.41 Å². The lowest BCUT2D eigenvalue weighted by Crippen LogP contribution is -2.40. The maximum absolute atomic E-state index is 10.1. The van der Waals surface area contributed by atoms with E-state index in [2.05, 4.69) is 60.2 Å². The number of rotatable bonds is 4. The van der Waals surface area contributed by atoms with Crippen LogP contribution in [0.15, 0.2) is 22.7 Å². The highest BCUT2D eigenvalue weighted by Gasteiger charge is 2.21. The molecule has 2 unspecified atom stereocenters. The predicted molar refractivity (Wildman–Crippen MR) is 88.0 cm³/mol. The number of hydrogen-bond donors (Lipinski definition) is 2. The first kappa shape index (κ1) is 16.0. The summed E-state index contributed by atoms with van der Waals surface area (Å²) in [5.74, 6) is 0. The topological polar surface area (TPSA) is 32.3 Å². The van der Waals surface area contributed by atoms with Gasteiger partial charge in [-0.2, -0.15) is 0 Å². The van der Waals surface area contributed by atoms with E-state index in [-0.39, 0.29) is 11.5 Å². The Balaban J connectivity index is 1.83. The second kappa shape index (κ2) is 6.59. The van der Waals surface area contributed by atoms with Gasteiger partial charge in [0.1, 0.15) is 0 Å². The first-order valence-corrected chi connectivity index (χ1v) is 8.31. The molecule has 1 aromatic carbocycles. The highest BCUT2D eigenvalue weighted by Crippen LogP contribution is 2.25. The zero-order valence-corrected chi connectivity index (χ0v) is 14.3. The molecular weight excluding hydrogens is 314 g/mol. The maximum atomic E-state index is 10.1. The molecule has 1 aliphatic rings. The van der Waals surface area contributed by atoms with Gasteiger partial charge in [-0.25, -0.2) is 0 Å². The van der Waals surface area contributed by atoms with Crippen LogP contribution in [-0.2, 0) is 12.8 Å². The van der Waals surface area contributed by atoms with Crippen molar-refractivity contribution in [2.45, 2.75) is 58.6 Å². The van der Waals surface area contributed by atoms with Crippen molar-refractivity contribution in [3.63, 3.8) is 0 Å². The quantitative estimate of drug-likeness (QED) is 0.876. The third-order valence-electron chi connectivity index (χ3n) is 3.89. The molecule has 112 valence electrons. The molecule has 0 saturated carbocycles. The van der Waals surface area contributed by atoms with E-state index in [1.807, 2.05) is 0 Å². The molecule has 0 radical (unpaired) electrons. The molecule has 0 heterocycles. The van der Waals surface area contributed by atoms with E-state index in [9.17, 15) is 5.11 Å². The highest BCUT2D eigenvalue weighted by molar-refractivity contribution is 9.10. The van der Waals surface area contributed by atoms with Gasteiger partial charge in [0.25, 0.3) is 0 Å². The molecule has 2 rings (SSSR count). The summed E-state index contributed by atoms with van der Waals surface area (Å²) in [5.41, 5.74) is 3.10. The molecule has 0 amide bonds. The minimum Gasteiger partial charge on any atom is -0.392 e. The summed E-state index contributed by atoms with van der Waals surface area (Å²) in [7, 11) is 0. The zero-order valence-electron chi connectivity index (χ0n) is 12.7. The number of nitrogens with one attached hydrogen (secondary N) is 1. The van der Waals surface area contributed by atoms with Gasteiger partial charge in [0.05, 0.1) is 6.10 Å². The lowest BCUT2D eigenvalue weighted by molar-refractivity contribution is 0.116. The third kappa shape index (κ3) is 4.87. The predicted octanol–water partition coefficient (Wildman–Crippen LogP) is 3.69. The Morgan fingerprint density at radius 1 is 1.35 bits per heavy atom. The summed E-state index contributed by atoms with van der Waals surface area (Å²) in [6.45, 7) is 7.22. The Morgan fingerprint density at radius 3 is 2.80 bits per heavy atom. The van der Waals surface area contributed by atoms with Crippen LogP contribution in [-0.4, -0.2) is 23.8 Å². The molecule has 2 N–H and O–H groups in total. The normalized spacial score (nSPS) is 20.6. The summed E-state index contributed by atoms with van der Waals surface area (Å²) < 4.78 is 1.17. The number of halogens is 1. The fraction of sp³-hybridized carbons (Fsp3) is 0.647. The van der Waals surface area contributed by atoms with Crippen molar-refractivity contribution in [1.82, 2.24) is 5.32 Å². The smallest absolute Gasteiger partial charge is 0.0669 e. The van der Waals surface area contributed by atoms with Gasteiger partial charge in [-0.05, 0) is 54.4 Å². The van der Waals surface area contributed by atoms with Crippen LogP contribution < -0.4 is 5.32 Å². The van der Waals surface area contributed by atoms with Crippen LogP contribution in [0.25, 0.3) is 0 Å². The minimum atomic E-state index is -0.249. The van der Waals surface area contributed by atoms with Crippen LogP contribution in [0.1, 0.15) is 44.7 Å². The number of aliphatic hydroxyl groups excluding tert-OH is 1. The number of aliphatic hydroxyl groups is 1. The Morgan fingerprint density at radius 2 is 2.10 bits per heavy atom. The molecule has 1 aromatic rings. The highest BCUT2D eigenvalue weighted by atomic mass is 79.9. The Kier molecular flexibility index (Phi) is 5.27. The molecule has 0 spiro atoms. The Bertz CT molecular complexity index is 453. The fourth-order valence-electron chi connectivity index (χ4n) is 2.98. The van der Waals surface area contributed by atoms with E-state index in [1.54, 1.807) is 0 Å². The van der Waals surface area contributed by atoms with E-state index in [0.717, 1.165) is 25.7 Å². The van der Waals surface area contributed by atoms with Gasteiger partial charge in [-0.3, -0.25) is 0 Å². The van der Waals surface area contributed by atoms with Crippen LogP contribution in [0.3, 0.4) is 0 Å². The Hall–Kier alpha value is -0.380. The average Bonchev–Trinajstić information content (AvgIpc) is 2.34. The molecule has 0 aromatic heterocycles. The van der Waals surface area contributed by atoms with E-state index >= 15 is 0 Å². The van der Waals surface area contributed by atoms with Crippen molar-refractivity contribution in [3.05, 3.63) is 33.8 Å². The Labute approximate surface area is 131 Å². The van der Waals surface area contributed by atoms with Crippen molar-refractivity contribution >= 4 is 15.9 Å². The molecule has 0 fully saturated rings. The lowest BCUT2D eigenvalue weighted by atomic mass is 9.87. The van der Waals surface area contributed by atoms with Gasteiger partial charge in [0, 0.05) is 17.1 Å². The molecule has 2 nitrogen and oxygen atoms in total. The average molecular weight is 340 g/mol. The van der Waals surface area contributed by atoms with Gasteiger partial charge in [0.2, 0.25) is 0 Å². The van der Waals surface area contributed by atoms with Crippen molar-refractivity contribution in [2.75, 3.05) is 6.54 Å². The van der Waals surface area contributed by atoms with Crippen LogP contribution in [0.4, 0.5) is 0 Å². The zero-order chi connectivity index (χ0) is 14.8. The lowest BCUT2D eigenvalue weighted by Gasteiger charge is -2.28. The van der Waals surface area contributed by atoms with Crippen molar-refractivity contribution in [3.8, 4) is 0 Å². The molecule has 1 aliphatic carbocycles. The molecular formula is C17H26BrNO. The SMILES string of the molecule is CC(C)(C)CC(O)CNC1CCc2cc(Br)ccc2C1. The van der Waals surface area contributed by atoms with Crippen LogP contribution >= 0.6 is 15.9 Å². The monoisotopic (exact) mass is 339 g/mol. The van der Waals surface area contributed by atoms with Gasteiger partial charge in [0.15, 0.2) is 0 Å². The maximum Gasteiger partial charge on any atom is 0.0669 e. The largest absolute Gasteiger partial charge is 0.392 e. The van der Waals surface area contributed by atoms with Gasteiger partial charge < -0.3 is 10.4 Å². The summed E-state index contributed by atoms with van der Waals surface area (Å²) in [6.07, 6.45) is 3.95.